The van der Waals surface area contributed by atoms with Crippen molar-refractivity contribution in [3.05, 3.63) is 23.2 Å². The molecule has 4 nitrogen and oxygen atoms in total. The van der Waals surface area contributed by atoms with Crippen LogP contribution in [0.25, 0.3) is 0 Å². The highest BCUT2D eigenvalue weighted by molar-refractivity contribution is 6.32. The maximum absolute atomic E-state index is 11.9. The summed E-state index contributed by atoms with van der Waals surface area (Å²) in [4.78, 5) is 11.9. The van der Waals surface area contributed by atoms with Crippen LogP contribution in [0.1, 0.15) is 20.8 Å². The van der Waals surface area contributed by atoms with E-state index in [2.05, 4.69) is 5.32 Å². The minimum absolute atomic E-state index is 0.230. The van der Waals surface area contributed by atoms with E-state index in [1.807, 2.05) is 20.8 Å². The number of rotatable bonds is 3. The van der Waals surface area contributed by atoms with Gasteiger partial charge in [-0.15, -0.1) is 0 Å². The van der Waals surface area contributed by atoms with Crippen molar-refractivity contribution >= 4 is 23.2 Å². The summed E-state index contributed by atoms with van der Waals surface area (Å²) in [6.45, 7) is 5.75. The molecule has 1 atom stereocenters. The Kier molecular flexibility index (Phi) is 4.59. The Bertz CT molecular complexity index is 441. The largest absolute Gasteiger partial charge is 0.495 e. The standard InChI is InChI=1S/C13H19ClN2O2/c1-13(2,3)11(15)12(17)16-8-5-6-9(14)10(7-8)18-4/h5-7,11H,15H2,1-4H3,(H,16,17). The second kappa shape index (κ2) is 5.59. The van der Waals surface area contributed by atoms with E-state index in [0.29, 0.717) is 16.5 Å². The van der Waals surface area contributed by atoms with Gasteiger partial charge in [0, 0.05) is 11.8 Å². The number of hydrogen-bond donors (Lipinski definition) is 2. The fraction of sp³-hybridized carbons (Fsp3) is 0.462. The van der Waals surface area contributed by atoms with Gasteiger partial charge in [0.05, 0.1) is 18.2 Å². The average molecular weight is 271 g/mol. The molecule has 1 aromatic carbocycles. The van der Waals surface area contributed by atoms with Crippen LogP contribution in [-0.2, 0) is 4.79 Å². The van der Waals surface area contributed by atoms with Crippen molar-refractivity contribution in [3.8, 4) is 5.75 Å². The second-order valence-corrected chi connectivity index (χ2v) is 5.59. The third kappa shape index (κ3) is 3.62. The predicted molar refractivity (Wildman–Crippen MR) is 74.1 cm³/mol. The quantitative estimate of drug-likeness (QED) is 0.887. The van der Waals surface area contributed by atoms with Gasteiger partial charge in [0.2, 0.25) is 5.91 Å². The number of nitrogens with one attached hydrogen (secondary N) is 1. The molecule has 0 aliphatic heterocycles. The van der Waals surface area contributed by atoms with Gasteiger partial charge in [-0.05, 0) is 17.5 Å². The summed E-state index contributed by atoms with van der Waals surface area (Å²) in [7, 11) is 1.52. The summed E-state index contributed by atoms with van der Waals surface area (Å²) in [5.74, 6) is 0.283. The molecule has 18 heavy (non-hydrogen) atoms. The molecule has 0 radical (unpaired) electrons. The summed E-state index contributed by atoms with van der Waals surface area (Å²) in [5, 5.41) is 3.24. The highest BCUT2D eigenvalue weighted by atomic mass is 35.5. The van der Waals surface area contributed by atoms with Gasteiger partial charge in [-0.25, -0.2) is 0 Å². The highest BCUT2D eigenvalue weighted by Crippen LogP contribution is 2.28. The van der Waals surface area contributed by atoms with Crippen LogP contribution in [0.2, 0.25) is 5.02 Å². The van der Waals surface area contributed by atoms with Gasteiger partial charge in [-0.3, -0.25) is 4.79 Å². The van der Waals surface area contributed by atoms with Crippen molar-refractivity contribution in [3.63, 3.8) is 0 Å². The molecule has 0 heterocycles. The first-order valence-electron chi connectivity index (χ1n) is 5.65. The van der Waals surface area contributed by atoms with Crippen LogP contribution in [0.4, 0.5) is 5.69 Å². The van der Waals surface area contributed by atoms with Crippen LogP contribution < -0.4 is 15.8 Å². The summed E-state index contributed by atoms with van der Waals surface area (Å²) in [6.07, 6.45) is 0. The van der Waals surface area contributed by atoms with Gasteiger partial charge < -0.3 is 15.8 Å². The lowest BCUT2D eigenvalue weighted by atomic mass is 9.87. The van der Waals surface area contributed by atoms with Crippen molar-refractivity contribution in [2.75, 3.05) is 12.4 Å². The lowest BCUT2D eigenvalue weighted by Crippen LogP contribution is -2.45. The number of methoxy groups -OCH3 is 1. The number of halogens is 1. The molecule has 0 aliphatic rings. The van der Waals surface area contributed by atoms with Gasteiger partial charge >= 0.3 is 0 Å². The lowest BCUT2D eigenvalue weighted by molar-refractivity contribution is -0.119. The monoisotopic (exact) mass is 270 g/mol. The average Bonchev–Trinajstić information content (AvgIpc) is 2.29. The maximum Gasteiger partial charge on any atom is 0.241 e. The molecular weight excluding hydrogens is 252 g/mol. The van der Waals surface area contributed by atoms with Crippen LogP contribution in [0.15, 0.2) is 18.2 Å². The molecule has 3 N–H and O–H groups in total. The van der Waals surface area contributed by atoms with E-state index in [-0.39, 0.29) is 11.3 Å². The van der Waals surface area contributed by atoms with Crippen molar-refractivity contribution in [1.82, 2.24) is 0 Å². The van der Waals surface area contributed by atoms with E-state index in [4.69, 9.17) is 22.1 Å². The number of carbonyl (C=O) groups is 1. The summed E-state index contributed by atoms with van der Waals surface area (Å²) >= 11 is 5.91. The van der Waals surface area contributed by atoms with Crippen LogP contribution in [0, 0.1) is 5.41 Å². The van der Waals surface area contributed by atoms with E-state index < -0.39 is 6.04 Å². The number of nitrogens with two attached hydrogens (primary N) is 1. The van der Waals surface area contributed by atoms with E-state index >= 15 is 0 Å². The summed E-state index contributed by atoms with van der Waals surface area (Å²) in [5.41, 5.74) is 6.19. The molecule has 0 saturated carbocycles. The van der Waals surface area contributed by atoms with Crippen LogP contribution in [0.5, 0.6) is 5.75 Å². The molecule has 0 aliphatic carbocycles. The Morgan fingerprint density at radius 1 is 1.44 bits per heavy atom. The molecule has 0 spiro atoms. The van der Waals surface area contributed by atoms with Crippen molar-refractivity contribution in [2.24, 2.45) is 11.1 Å². The molecule has 1 aromatic rings. The number of anilines is 1. The van der Waals surface area contributed by atoms with E-state index in [1.165, 1.54) is 7.11 Å². The first-order chi connectivity index (χ1) is 8.25. The molecule has 100 valence electrons. The van der Waals surface area contributed by atoms with Gasteiger partial charge in [-0.1, -0.05) is 32.4 Å². The molecule has 0 saturated heterocycles. The molecule has 5 heteroatoms. The zero-order chi connectivity index (χ0) is 13.9. The Balaban J connectivity index is 2.82. The Morgan fingerprint density at radius 3 is 2.56 bits per heavy atom. The summed E-state index contributed by atoms with van der Waals surface area (Å²) in [6, 6.07) is 4.45. The molecule has 1 unspecified atom stereocenters. The van der Waals surface area contributed by atoms with Gasteiger partial charge in [0.1, 0.15) is 5.75 Å². The topological polar surface area (TPSA) is 64.3 Å². The van der Waals surface area contributed by atoms with Crippen molar-refractivity contribution in [1.29, 1.82) is 0 Å². The third-order valence-corrected chi connectivity index (χ3v) is 2.95. The zero-order valence-corrected chi connectivity index (χ0v) is 11.8. The zero-order valence-electron chi connectivity index (χ0n) is 11.1. The van der Waals surface area contributed by atoms with Crippen molar-refractivity contribution < 1.29 is 9.53 Å². The van der Waals surface area contributed by atoms with Crippen LogP contribution in [-0.4, -0.2) is 19.1 Å². The molecule has 0 fully saturated rings. The number of hydrogen-bond acceptors (Lipinski definition) is 3. The predicted octanol–water partition coefficient (Wildman–Crippen LogP) is 2.66. The molecule has 0 bridgehead atoms. The maximum atomic E-state index is 11.9. The van der Waals surface area contributed by atoms with E-state index in [1.54, 1.807) is 18.2 Å². The number of carbonyl (C=O) groups excluding carboxylic acids is 1. The number of benzene rings is 1. The van der Waals surface area contributed by atoms with Crippen LogP contribution >= 0.6 is 11.6 Å². The molecular formula is C13H19ClN2O2. The van der Waals surface area contributed by atoms with Crippen molar-refractivity contribution in [2.45, 2.75) is 26.8 Å². The number of ether oxygens (including phenoxy) is 1. The first-order valence-corrected chi connectivity index (χ1v) is 6.03. The Morgan fingerprint density at radius 2 is 2.06 bits per heavy atom. The number of amides is 1. The Hall–Kier alpha value is -1.26. The highest BCUT2D eigenvalue weighted by Gasteiger charge is 2.27. The lowest BCUT2D eigenvalue weighted by Gasteiger charge is -2.25. The van der Waals surface area contributed by atoms with Gasteiger partial charge in [-0.2, -0.15) is 0 Å². The fourth-order valence-corrected chi connectivity index (χ4v) is 1.55. The normalized spacial score (nSPS) is 13.0. The minimum Gasteiger partial charge on any atom is -0.495 e. The molecule has 0 aromatic heterocycles. The van der Waals surface area contributed by atoms with Gasteiger partial charge in [0.25, 0.3) is 0 Å². The van der Waals surface area contributed by atoms with Crippen LogP contribution in [0.3, 0.4) is 0 Å². The Labute approximate surface area is 112 Å². The molecule has 1 amide bonds. The smallest absolute Gasteiger partial charge is 0.241 e. The second-order valence-electron chi connectivity index (χ2n) is 5.18. The fourth-order valence-electron chi connectivity index (χ4n) is 1.35. The summed E-state index contributed by atoms with van der Waals surface area (Å²) < 4.78 is 5.08. The first kappa shape index (κ1) is 14.8. The SMILES string of the molecule is COc1cc(NC(=O)C(N)C(C)(C)C)ccc1Cl. The van der Waals surface area contributed by atoms with E-state index in [0.717, 1.165) is 0 Å². The third-order valence-electron chi connectivity index (χ3n) is 2.63. The molecule has 1 rings (SSSR count). The van der Waals surface area contributed by atoms with E-state index in [9.17, 15) is 4.79 Å². The minimum atomic E-state index is -0.584. The van der Waals surface area contributed by atoms with Gasteiger partial charge in [0.15, 0.2) is 0 Å².